The lowest BCUT2D eigenvalue weighted by atomic mass is 10.2. The second-order valence-corrected chi connectivity index (χ2v) is 3.58. The van der Waals surface area contributed by atoms with Crippen LogP contribution in [0.15, 0.2) is 24.3 Å². The topological polar surface area (TPSA) is 51.5 Å². The van der Waals surface area contributed by atoms with Crippen LogP contribution in [0.25, 0.3) is 10.9 Å². The fourth-order valence-electron chi connectivity index (χ4n) is 1.69. The molecule has 0 unspecified atom stereocenters. The number of hydrogen-bond donors (Lipinski definition) is 1. The molecule has 1 N–H and O–H groups in total. The van der Waals surface area contributed by atoms with E-state index in [2.05, 4.69) is 0 Å². The molecule has 2 rings (SSSR count). The van der Waals surface area contributed by atoms with E-state index in [1.54, 1.807) is 18.2 Å². The van der Waals surface area contributed by atoms with Crippen LogP contribution in [0.3, 0.4) is 0 Å². The molecule has 0 amide bonds. The van der Waals surface area contributed by atoms with Crippen molar-refractivity contribution in [2.24, 2.45) is 0 Å². The van der Waals surface area contributed by atoms with E-state index in [0.29, 0.717) is 17.0 Å². The molecule has 0 atom stereocenters. The normalized spacial score (nSPS) is 10.6. The molecule has 2 aromatic rings. The van der Waals surface area contributed by atoms with Gasteiger partial charge in [-0.25, -0.2) is 9.36 Å². The third kappa shape index (κ3) is 1.61. The minimum absolute atomic E-state index is 0.156. The van der Waals surface area contributed by atoms with Crippen LogP contribution in [0, 0.1) is 0 Å². The smallest absolute Gasteiger partial charge is 0.416 e. The van der Waals surface area contributed by atoms with E-state index >= 15 is 0 Å². The van der Waals surface area contributed by atoms with Gasteiger partial charge < -0.3 is 9.84 Å². The predicted octanol–water partition coefficient (Wildman–Crippen LogP) is 2.91. The van der Waals surface area contributed by atoms with Crippen molar-refractivity contribution >= 4 is 28.6 Å². The van der Waals surface area contributed by atoms with Gasteiger partial charge in [-0.1, -0.05) is 0 Å². The lowest BCUT2D eigenvalue weighted by Gasteiger charge is -2.03. The summed E-state index contributed by atoms with van der Waals surface area (Å²) in [5.74, 6) is 0.776. The lowest BCUT2D eigenvalue weighted by Crippen LogP contribution is -2.10. The zero-order chi connectivity index (χ0) is 11.7. The zero-order valence-electron chi connectivity index (χ0n) is 8.61. The zero-order valence-corrected chi connectivity index (χ0v) is 9.36. The molecule has 0 spiro atoms. The van der Waals surface area contributed by atoms with Crippen LogP contribution >= 0.6 is 11.6 Å². The molecule has 1 heterocycles. The first kappa shape index (κ1) is 10.8. The number of methoxy groups -OCH3 is 1. The Labute approximate surface area is 97.0 Å². The highest BCUT2D eigenvalue weighted by atomic mass is 35.5. The van der Waals surface area contributed by atoms with Crippen LogP contribution in [0.5, 0.6) is 5.75 Å². The number of rotatable bonds is 2. The molecule has 0 saturated heterocycles. The van der Waals surface area contributed by atoms with E-state index in [-0.39, 0.29) is 5.88 Å². The molecule has 0 aliphatic heterocycles. The highest BCUT2D eigenvalue weighted by Crippen LogP contribution is 2.25. The Kier molecular flexibility index (Phi) is 2.75. The summed E-state index contributed by atoms with van der Waals surface area (Å²) < 4.78 is 6.23. The first-order valence-electron chi connectivity index (χ1n) is 4.65. The number of nitrogens with zero attached hydrogens (tertiary/aromatic N) is 1. The van der Waals surface area contributed by atoms with E-state index in [1.165, 1.54) is 11.7 Å². The molecule has 1 aromatic carbocycles. The third-order valence-corrected chi connectivity index (χ3v) is 2.69. The van der Waals surface area contributed by atoms with Gasteiger partial charge in [0.25, 0.3) is 0 Å². The first-order valence-corrected chi connectivity index (χ1v) is 5.18. The van der Waals surface area contributed by atoms with Gasteiger partial charge in [-0.2, -0.15) is 0 Å². The maximum absolute atomic E-state index is 11.1. The van der Waals surface area contributed by atoms with Crippen LogP contribution in [0.4, 0.5) is 4.79 Å². The van der Waals surface area contributed by atoms with Crippen molar-refractivity contribution in [1.29, 1.82) is 0 Å². The standard InChI is InChI=1S/C11H10ClNO3/c1-16-9-3-2-7-4-8(6-12)13(11(14)15)10(7)5-9/h2-5H,6H2,1H3,(H,14,15). The summed E-state index contributed by atoms with van der Waals surface area (Å²) in [6.45, 7) is 0. The summed E-state index contributed by atoms with van der Waals surface area (Å²) in [4.78, 5) is 11.1. The lowest BCUT2D eigenvalue weighted by molar-refractivity contribution is 0.197. The first-order chi connectivity index (χ1) is 7.67. The third-order valence-electron chi connectivity index (χ3n) is 2.42. The molecular weight excluding hydrogens is 230 g/mol. The van der Waals surface area contributed by atoms with Crippen LogP contribution in [-0.4, -0.2) is 22.9 Å². The van der Waals surface area contributed by atoms with Gasteiger partial charge in [0, 0.05) is 17.1 Å². The molecule has 0 aliphatic carbocycles. The number of fused-ring (bicyclic) bond motifs is 1. The van der Waals surface area contributed by atoms with Gasteiger partial charge >= 0.3 is 6.09 Å². The van der Waals surface area contributed by atoms with E-state index in [1.807, 2.05) is 6.07 Å². The Bertz CT molecular complexity index is 547. The van der Waals surface area contributed by atoms with Crippen molar-refractivity contribution in [2.45, 2.75) is 5.88 Å². The number of carbonyl (C=O) groups is 1. The average molecular weight is 240 g/mol. The number of hydrogen-bond acceptors (Lipinski definition) is 2. The van der Waals surface area contributed by atoms with Crippen molar-refractivity contribution in [1.82, 2.24) is 4.57 Å². The number of ether oxygens (including phenoxy) is 1. The van der Waals surface area contributed by atoms with E-state index in [9.17, 15) is 4.79 Å². The van der Waals surface area contributed by atoms with Crippen LogP contribution in [0.2, 0.25) is 0 Å². The van der Waals surface area contributed by atoms with Gasteiger partial charge in [-0.3, -0.25) is 0 Å². The molecule has 0 radical (unpaired) electrons. The van der Waals surface area contributed by atoms with Gasteiger partial charge in [0.1, 0.15) is 5.75 Å². The Hall–Kier alpha value is -1.68. The summed E-state index contributed by atoms with van der Waals surface area (Å²) in [5.41, 5.74) is 1.14. The van der Waals surface area contributed by atoms with Crippen LogP contribution < -0.4 is 4.74 Å². The molecule has 0 saturated carbocycles. The van der Waals surface area contributed by atoms with Crippen LogP contribution in [-0.2, 0) is 5.88 Å². The Morgan fingerprint density at radius 3 is 2.81 bits per heavy atom. The average Bonchev–Trinajstić information content (AvgIpc) is 2.65. The number of alkyl halides is 1. The SMILES string of the molecule is COc1ccc2cc(CCl)n(C(=O)O)c2c1. The van der Waals surface area contributed by atoms with Crippen molar-refractivity contribution < 1.29 is 14.6 Å². The Morgan fingerprint density at radius 2 is 2.25 bits per heavy atom. The second kappa shape index (κ2) is 4.06. The second-order valence-electron chi connectivity index (χ2n) is 3.31. The highest BCUT2D eigenvalue weighted by Gasteiger charge is 2.13. The molecule has 0 bridgehead atoms. The van der Waals surface area contributed by atoms with Crippen LogP contribution in [0.1, 0.15) is 5.69 Å². The van der Waals surface area contributed by atoms with E-state index in [0.717, 1.165) is 5.39 Å². The molecule has 16 heavy (non-hydrogen) atoms. The van der Waals surface area contributed by atoms with E-state index < -0.39 is 6.09 Å². The summed E-state index contributed by atoms with van der Waals surface area (Å²) in [5, 5.41) is 9.94. The monoisotopic (exact) mass is 239 g/mol. The molecule has 0 fully saturated rings. The van der Waals surface area contributed by atoms with Gasteiger partial charge in [0.05, 0.1) is 18.5 Å². The van der Waals surface area contributed by atoms with Gasteiger partial charge in [-0.15, -0.1) is 11.6 Å². The quantitative estimate of drug-likeness (QED) is 0.820. The molecule has 1 aromatic heterocycles. The summed E-state index contributed by atoms with van der Waals surface area (Å²) in [7, 11) is 1.54. The molecular formula is C11H10ClNO3. The van der Waals surface area contributed by atoms with Crippen molar-refractivity contribution in [3.8, 4) is 5.75 Å². The summed E-state index contributed by atoms with van der Waals surface area (Å²) >= 11 is 5.71. The van der Waals surface area contributed by atoms with Gasteiger partial charge in [0.2, 0.25) is 0 Å². The molecule has 84 valence electrons. The largest absolute Gasteiger partial charge is 0.497 e. The minimum atomic E-state index is -1.04. The Balaban J connectivity index is 2.75. The molecule has 0 aliphatic rings. The molecule has 4 nitrogen and oxygen atoms in total. The number of benzene rings is 1. The van der Waals surface area contributed by atoms with Crippen molar-refractivity contribution in [3.63, 3.8) is 0 Å². The fourth-order valence-corrected chi connectivity index (χ4v) is 1.89. The van der Waals surface area contributed by atoms with Gasteiger partial charge in [-0.05, 0) is 18.2 Å². The number of halogens is 1. The highest BCUT2D eigenvalue weighted by molar-refractivity contribution is 6.17. The maximum Gasteiger partial charge on any atom is 0.416 e. The minimum Gasteiger partial charge on any atom is -0.497 e. The number of aromatic nitrogens is 1. The van der Waals surface area contributed by atoms with Crippen molar-refractivity contribution in [3.05, 3.63) is 30.0 Å². The summed E-state index contributed by atoms with van der Waals surface area (Å²) in [6.07, 6.45) is -1.04. The van der Waals surface area contributed by atoms with E-state index in [4.69, 9.17) is 21.4 Å². The molecule has 5 heteroatoms. The number of carboxylic acid groups (broad SMARTS) is 1. The van der Waals surface area contributed by atoms with Crippen molar-refractivity contribution in [2.75, 3.05) is 7.11 Å². The Morgan fingerprint density at radius 1 is 1.50 bits per heavy atom. The summed E-state index contributed by atoms with van der Waals surface area (Å²) in [6, 6.07) is 7.03. The van der Waals surface area contributed by atoms with Gasteiger partial charge in [0.15, 0.2) is 0 Å². The fraction of sp³-hybridized carbons (Fsp3) is 0.182. The predicted molar refractivity (Wildman–Crippen MR) is 61.5 cm³/mol. The maximum atomic E-state index is 11.1.